The van der Waals surface area contributed by atoms with E-state index in [1.165, 1.54) is 11.1 Å². The standard InChI is InChI=1S/C25H26N2O/c1-25(2,3)20-13-15-21(16-14-20)28-18-24-26-22-11-7-8-12-23(22)27(24)17-19-9-5-4-6-10-19/h4-16H,17-18H2,1-3H3. The molecule has 1 heterocycles. The fraction of sp³-hybridized carbons (Fsp3) is 0.240. The van der Waals surface area contributed by atoms with E-state index in [-0.39, 0.29) is 5.41 Å². The van der Waals surface area contributed by atoms with Crippen molar-refractivity contribution >= 4 is 11.0 Å². The van der Waals surface area contributed by atoms with Gasteiger partial charge in [-0.15, -0.1) is 0 Å². The van der Waals surface area contributed by atoms with Gasteiger partial charge >= 0.3 is 0 Å². The zero-order chi connectivity index (χ0) is 19.6. The van der Waals surface area contributed by atoms with Crippen molar-refractivity contribution in [1.82, 2.24) is 9.55 Å². The van der Waals surface area contributed by atoms with Crippen LogP contribution in [0.15, 0.2) is 78.9 Å². The average Bonchev–Trinajstić information content (AvgIpc) is 3.04. The molecule has 1 aromatic heterocycles. The lowest BCUT2D eigenvalue weighted by atomic mass is 9.87. The van der Waals surface area contributed by atoms with Crippen LogP contribution in [-0.4, -0.2) is 9.55 Å². The smallest absolute Gasteiger partial charge is 0.148 e. The van der Waals surface area contributed by atoms with Gasteiger partial charge in [-0.05, 0) is 40.8 Å². The number of fused-ring (bicyclic) bond motifs is 1. The van der Waals surface area contributed by atoms with Crippen LogP contribution < -0.4 is 4.74 Å². The first kappa shape index (κ1) is 18.3. The van der Waals surface area contributed by atoms with E-state index in [0.29, 0.717) is 6.61 Å². The molecule has 0 unspecified atom stereocenters. The Morgan fingerprint density at radius 1 is 0.821 bits per heavy atom. The van der Waals surface area contributed by atoms with Crippen LogP contribution in [-0.2, 0) is 18.6 Å². The van der Waals surface area contributed by atoms with E-state index >= 15 is 0 Å². The number of hydrogen-bond acceptors (Lipinski definition) is 2. The number of hydrogen-bond donors (Lipinski definition) is 0. The Labute approximate surface area is 166 Å². The van der Waals surface area contributed by atoms with E-state index in [0.717, 1.165) is 29.2 Å². The summed E-state index contributed by atoms with van der Waals surface area (Å²) in [7, 11) is 0. The summed E-state index contributed by atoms with van der Waals surface area (Å²) in [6.45, 7) is 7.87. The Morgan fingerprint density at radius 2 is 1.50 bits per heavy atom. The van der Waals surface area contributed by atoms with Crippen LogP contribution in [0.25, 0.3) is 11.0 Å². The number of benzene rings is 3. The highest BCUT2D eigenvalue weighted by Gasteiger charge is 2.14. The molecule has 0 amide bonds. The minimum Gasteiger partial charge on any atom is -0.486 e. The summed E-state index contributed by atoms with van der Waals surface area (Å²) in [6, 6.07) is 27.1. The fourth-order valence-corrected chi connectivity index (χ4v) is 3.38. The molecule has 0 aliphatic carbocycles. The third-order valence-corrected chi connectivity index (χ3v) is 5.01. The molecule has 0 aliphatic rings. The summed E-state index contributed by atoms with van der Waals surface area (Å²) in [5, 5.41) is 0. The number of rotatable bonds is 5. The van der Waals surface area contributed by atoms with Crippen LogP contribution in [0.1, 0.15) is 37.7 Å². The number of imidazole rings is 1. The quantitative estimate of drug-likeness (QED) is 0.433. The van der Waals surface area contributed by atoms with Crippen LogP contribution in [0.2, 0.25) is 0 Å². The summed E-state index contributed by atoms with van der Waals surface area (Å²) in [5.41, 5.74) is 4.83. The molecule has 0 atom stereocenters. The van der Waals surface area contributed by atoms with Crippen molar-refractivity contribution in [3.05, 3.63) is 95.8 Å². The van der Waals surface area contributed by atoms with E-state index in [2.05, 4.69) is 79.9 Å². The van der Waals surface area contributed by atoms with Gasteiger partial charge in [0.05, 0.1) is 11.0 Å². The maximum atomic E-state index is 6.08. The molecule has 3 aromatic carbocycles. The maximum Gasteiger partial charge on any atom is 0.148 e. The van der Waals surface area contributed by atoms with Gasteiger partial charge in [0, 0.05) is 6.54 Å². The van der Waals surface area contributed by atoms with Crippen LogP contribution in [0.4, 0.5) is 0 Å². The molecule has 0 N–H and O–H groups in total. The highest BCUT2D eigenvalue weighted by molar-refractivity contribution is 5.76. The number of aromatic nitrogens is 2. The molecule has 0 saturated carbocycles. The molecule has 3 heteroatoms. The zero-order valence-corrected chi connectivity index (χ0v) is 16.7. The fourth-order valence-electron chi connectivity index (χ4n) is 3.38. The van der Waals surface area contributed by atoms with Gasteiger partial charge in [-0.1, -0.05) is 75.4 Å². The summed E-state index contributed by atoms with van der Waals surface area (Å²) in [5.74, 6) is 1.80. The topological polar surface area (TPSA) is 27.1 Å². The minimum atomic E-state index is 0.141. The second-order valence-corrected chi connectivity index (χ2v) is 8.15. The third-order valence-electron chi connectivity index (χ3n) is 5.01. The molecule has 0 saturated heterocycles. The van der Waals surface area contributed by atoms with E-state index < -0.39 is 0 Å². The van der Waals surface area contributed by atoms with Crippen molar-refractivity contribution in [1.29, 1.82) is 0 Å². The van der Waals surface area contributed by atoms with Gasteiger partial charge in [-0.25, -0.2) is 4.98 Å². The molecule has 0 aliphatic heterocycles. The van der Waals surface area contributed by atoms with Gasteiger partial charge in [0.1, 0.15) is 18.2 Å². The maximum absolute atomic E-state index is 6.08. The van der Waals surface area contributed by atoms with E-state index in [9.17, 15) is 0 Å². The summed E-state index contributed by atoms with van der Waals surface area (Å²) in [4.78, 5) is 4.82. The Bertz CT molecular complexity index is 1060. The molecule has 28 heavy (non-hydrogen) atoms. The van der Waals surface area contributed by atoms with Gasteiger partial charge in [-0.2, -0.15) is 0 Å². The van der Waals surface area contributed by atoms with Crippen molar-refractivity contribution in [3.63, 3.8) is 0 Å². The highest BCUT2D eigenvalue weighted by atomic mass is 16.5. The Hall–Kier alpha value is -3.07. The normalized spacial score (nSPS) is 11.7. The summed E-state index contributed by atoms with van der Waals surface area (Å²) >= 11 is 0. The molecule has 0 radical (unpaired) electrons. The third kappa shape index (κ3) is 3.94. The molecule has 4 rings (SSSR count). The molecular formula is C25H26N2O. The largest absolute Gasteiger partial charge is 0.486 e. The number of ether oxygens (including phenoxy) is 1. The number of para-hydroxylation sites is 2. The number of nitrogens with zero attached hydrogens (tertiary/aromatic N) is 2. The predicted octanol–water partition coefficient (Wildman–Crippen LogP) is 5.96. The van der Waals surface area contributed by atoms with Crippen molar-refractivity contribution < 1.29 is 4.74 Å². The molecular weight excluding hydrogens is 344 g/mol. The molecule has 0 spiro atoms. The highest BCUT2D eigenvalue weighted by Crippen LogP contribution is 2.25. The van der Waals surface area contributed by atoms with Crippen molar-refractivity contribution in [3.8, 4) is 5.75 Å². The van der Waals surface area contributed by atoms with Gasteiger partial charge in [-0.3, -0.25) is 0 Å². The first-order valence-corrected chi connectivity index (χ1v) is 9.72. The first-order valence-electron chi connectivity index (χ1n) is 9.72. The molecule has 3 nitrogen and oxygen atoms in total. The van der Waals surface area contributed by atoms with Gasteiger partial charge < -0.3 is 9.30 Å². The van der Waals surface area contributed by atoms with Crippen LogP contribution in [0.5, 0.6) is 5.75 Å². The van der Waals surface area contributed by atoms with E-state index in [1.54, 1.807) is 0 Å². The molecule has 0 bridgehead atoms. The van der Waals surface area contributed by atoms with Crippen molar-refractivity contribution in [2.24, 2.45) is 0 Å². The lowest BCUT2D eigenvalue weighted by Gasteiger charge is -2.19. The zero-order valence-electron chi connectivity index (χ0n) is 16.7. The SMILES string of the molecule is CC(C)(C)c1ccc(OCc2nc3ccccc3n2Cc2ccccc2)cc1. The monoisotopic (exact) mass is 370 g/mol. The van der Waals surface area contributed by atoms with Gasteiger partial charge in [0.15, 0.2) is 0 Å². The minimum absolute atomic E-state index is 0.141. The summed E-state index contributed by atoms with van der Waals surface area (Å²) < 4.78 is 8.33. The van der Waals surface area contributed by atoms with Gasteiger partial charge in [0.2, 0.25) is 0 Å². The van der Waals surface area contributed by atoms with Crippen LogP contribution in [0.3, 0.4) is 0 Å². The molecule has 4 aromatic rings. The van der Waals surface area contributed by atoms with E-state index in [4.69, 9.17) is 9.72 Å². The Morgan fingerprint density at radius 3 is 2.21 bits per heavy atom. The molecule has 142 valence electrons. The van der Waals surface area contributed by atoms with Crippen LogP contribution in [0, 0.1) is 0 Å². The second kappa shape index (κ2) is 7.51. The lowest BCUT2D eigenvalue weighted by molar-refractivity contribution is 0.291. The first-order chi connectivity index (χ1) is 13.5. The van der Waals surface area contributed by atoms with Crippen LogP contribution >= 0.6 is 0 Å². The second-order valence-electron chi connectivity index (χ2n) is 8.15. The Balaban J connectivity index is 1.59. The van der Waals surface area contributed by atoms with E-state index in [1.807, 2.05) is 24.3 Å². The van der Waals surface area contributed by atoms with Crippen molar-refractivity contribution in [2.75, 3.05) is 0 Å². The Kier molecular flexibility index (Phi) is 4.91. The van der Waals surface area contributed by atoms with Crippen molar-refractivity contribution in [2.45, 2.75) is 39.3 Å². The molecule has 0 fully saturated rings. The summed E-state index contributed by atoms with van der Waals surface area (Å²) in [6.07, 6.45) is 0. The average molecular weight is 370 g/mol. The predicted molar refractivity (Wildman–Crippen MR) is 115 cm³/mol. The van der Waals surface area contributed by atoms with Gasteiger partial charge in [0.25, 0.3) is 0 Å². The lowest BCUT2D eigenvalue weighted by Crippen LogP contribution is -2.11.